The van der Waals surface area contributed by atoms with E-state index in [2.05, 4.69) is 29.4 Å². The summed E-state index contributed by atoms with van der Waals surface area (Å²) in [6, 6.07) is 0.157. The van der Waals surface area contributed by atoms with Gasteiger partial charge in [-0.05, 0) is 5.92 Å². The number of aromatic nitrogens is 3. The van der Waals surface area contributed by atoms with E-state index in [4.69, 9.17) is 0 Å². The Bertz CT molecular complexity index is 506. The zero-order valence-corrected chi connectivity index (χ0v) is 11.2. The molecule has 1 aromatic heterocycles. The molecule has 0 fully saturated rings. The molecule has 6 nitrogen and oxygen atoms in total. The molecule has 96 valence electrons. The summed E-state index contributed by atoms with van der Waals surface area (Å²) < 4.78 is 24.5. The third kappa shape index (κ3) is 2.66. The van der Waals surface area contributed by atoms with Gasteiger partial charge in [0.2, 0.25) is 0 Å². The van der Waals surface area contributed by atoms with E-state index in [1.807, 2.05) is 4.57 Å². The largest absolute Gasteiger partial charge is 0.311 e. The molecule has 0 saturated carbocycles. The lowest BCUT2D eigenvalue weighted by Gasteiger charge is -2.27. The maximum atomic E-state index is 11.3. The van der Waals surface area contributed by atoms with E-state index in [0.29, 0.717) is 11.7 Å². The molecule has 1 atom stereocenters. The molecule has 1 unspecified atom stereocenters. The van der Waals surface area contributed by atoms with Gasteiger partial charge in [-0.25, -0.2) is 8.42 Å². The minimum Gasteiger partial charge on any atom is -0.311 e. The highest BCUT2D eigenvalue weighted by molar-refractivity contribution is 7.89. The molecular weight excluding hydrogens is 240 g/mol. The third-order valence-corrected chi connectivity index (χ3v) is 3.67. The average molecular weight is 258 g/mol. The van der Waals surface area contributed by atoms with Crippen molar-refractivity contribution >= 4 is 9.84 Å². The maximum Gasteiger partial charge on any atom is 0.154 e. The maximum absolute atomic E-state index is 11.3. The van der Waals surface area contributed by atoms with Crippen molar-refractivity contribution in [3.8, 4) is 0 Å². The van der Waals surface area contributed by atoms with Crippen molar-refractivity contribution in [3.63, 3.8) is 0 Å². The lowest BCUT2D eigenvalue weighted by molar-refractivity contribution is 0.336. The van der Waals surface area contributed by atoms with E-state index < -0.39 is 9.84 Å². The van der Waals surface area contributed by atoms with Crippen LogP contribution in [0.5, 0.6) is 0 Å². The molecule has 17 heavy (non-hydrogen) atoms. The zero-order valence-electron chi connectivity index (χ0n) is 10.3. The lowest BCUT2D eigenvalue weighted by atomic mass is 10.0. The van der Waals surface area contributed by atoms with Crippen LogP contribution in [-0.2, 0) is 22.1 Å². The summed E-state index contributed by atoms with van der Waals surface area (Å²) in [7, 11) is -3.06. The van der Waals surface area contributed by atoms with Gasteiger partial charge in [-0.3, -0.25) is 0 Å². The number of rotatable bonds is 3. The normalized spacial score (nSPS) is 20.6. The van der Waals surface area contributed by atoms with Crippen LogP contribution in [-0.4, -0.2) is 36.0 Å². The number of nitrogens with one attached hydrogen (secondary N) is 1. The minimum atomic E-state index is -3.06. The van der Waals surface area contributed by atoms with Gasteiger partial charge in [0.1, 0.15) is 11.6 Å². The average Bonchev–Trinajstić information content (AvgIpc) is 2.59. The molecule has 1 aromatic rings. The van der Waals surface area contributed by atoms with Crippen LogP contribution in [0.1, 0.15) is 31.5 Å². The van der Waals surface area contributed by atoms with Crippen LogP contribution in [0, 0.1) is 5.92 Å². The third-order valence-electron chi connectivity index (χ3n) is 2.89. The first kappa shape index (κ1) is 12.5. The number of hydrogen-bond acceptors (Lipinski definition) is 5. The second kappa shape index (κ2) is 4.38. The molecule has 0 saturated heterocycles. The standard InChI is InChI=1S/C10H18N4O2S/c1-7(2)9-10-13-12-8(6-17(3,15)16)14(10)5-4-11-9/h7,9,11H,4-6H2,1-3H3. The first-order valence-corrected chi connectivity index (χ1v) is 7.77. The van der Waals surface area contributed by atoms with E-state index in [9.17, 15) is 8.42 Å². The Kier molecular flexibility index (Phi) is 3.22. The van der Waals surface area contributed by atoms with Crippen molar-refractivity contribution < 1.29 is 8.42 Å². The van der Waals surface area contributed by atoms with Crippen molar-refractivity contribution in [2.24, 2.45) is 5.92 Å². The fraction of sp³-hybridized carbons (Fsp3) is 0.800. The second-order valence-corrected chi connectivity index (χ2v) is 7.01. The van der Waals surface area contributed by atoms with Crippen LogP contribution >= 0.6 is 0 Å². The molecule has 0 spiro atoms. The molecule has 1 aliphatic rings. The minimum absolute atomic E-state index is 0.0369. The summed E-state index contributed by atoms with van der Waals surface area (Å²) in [6.07, 6.45) is 1.22. The fourth-order valence-corrected chi connectivity index (χ4v) is 2.80. The van der Waals surface area contributed by atoms with Crippen LogP contribution in [0.4, 0.5) is 0 Å². The SMILES string of the molecule is CC(C)C1NCCn2c(CS(C)(=O)=O)nnc21. The first-order valence-electron chi connectivity index (χ1n) is 5.71. The van der Waals surface area contributed by atoms with Crippen LogP contribution in [0.3, 0.4) is 0 Å². The number of fused-ring (bicyclic) bond motifs is 1. The van der Waals surface area contributed by atoms with Gasteiger partial charge in [-0.1, -0.05) is 13.8 Å². The van der Waals surface area contributed by atoms with E-state index in [1.165, 1.54) is 6.26 Å². The van der Waals surface area contributed by atoms with Gasteiger partial charge in [-0.15, -0.1) is 10.2 Å². The Morgan fingerprint density at radius 3 is 2.76 bits per heavy atom. The van der Waals surface area contributed by atoms with Crippen molar-refractivity contribution in [3.05, 3.63) is 11.6 Å². The van der Waals surface area contributed by atoms with Crippen LogP contribution in [0.2, 0.25) is 0 Å². The van der Waals surface area contributed by atoms with Gasteiger partial charge in [0.25, 0.3) is 0 Å². The van der Waals surface area contributed by atoms with Crippen molar-refractivity contribution in [1.82, 2.24) is 20.1 Å². The van der Waals surface area contributed by atoms with Crippen LogP contribution in [0.25, 0.3) is 0 Å². The van der Waals surface area contributed by atoms with Gasteiger partial charge in [0.05, 0.1) is 6.04 Å². The molecule has 0 bridgehead atoms. The highest BCUT2D eigenvalue weighted by Crippen LogP contribution is 2.23. The second-order valence-electron chi connectivity index (χ2n) is 4.87. The topological polar surface area (TPSA) is 76.9 Å². The Morgan fingerprint density at radius 2 is 2.18 bits per heavy atom. The molecule has 1 N–H and O–H groups in total. The highest BCUT2D eigenvalue weighted by atomic mass is 32.2. The summed E-state index contributed by atoms with van der Waals surface area (Å²) >= 11 is 0. The molecule has 7 heteroatoms. The van der Waals surface area contributed by atoms with E-state index in [1.54, 1.807) is 0 Å². The Hall–Kier alpha value is -0.950. The van der Waals surface area contributed by atoms with Crippen molar-refractivity contribution in [2.45, 2.75) is 32.2 Å². The van der Waals surface area contributed by atoms with Gasteiger partial charge < -0.3 is 9.88 Å². The Morgan fingerprint density at radius 1 is 1.47 bits per heavy atom. The smallest absolute Gasteiger partial charge is 0.154 e. The Labute approximate surface area is 101 Å². The van der Waals surface area contributed by atoms with Gasteiger partial charge in [-0.2, -0.15) is 0 Å². The molecule has 2 heterocycles. The van der Waals surface area contributed by atoms with Crippen LogP contribution in [0.15, 0.2) is 0 Å². The monoisotopic (exact) mass is 258 g/mol. The molecule has 1 aliphatic heterocycles. The lowest BCUT2D eigenvalue weighted by Crippen LogP contribution is -2.37. The van der Waals surface area contributed by atoms with Gasteiger partial charge in [0.15, 0.2) is 15.7 Å². The highest BCUT2D eigenvalue weighted by Gasteiger charge is 2.27. The predicted octanol–water partition coefficient (Wildman–Crippen LogP) is 0.123. The van der Waals surface area contributed by atoms with E-state index >= 15 is 0 Å². The Balaban J connectivity index is 2.35. The summed E-state index contributed by atoms with van der Waals surface area (Å²) in [6.45, 7) is 5.78. The first-order chi connectivity index (χ1) is 7.88. The van der Waals surface area contributed by atoms with E-state index in [0.717, 1.165) is 18.9 Å². The summed E-state index contributed by atoms with van der Waals surface area (Å²) in [5, 5.41) is 11.5. The fourth-order valence-electron chi connectivity index (χ4n) is 2.12. The molecule has 0 aromatic carbocycles. The zero-order chi connectivity index (χ0) is 12.6. The summed E-state index contributed by atoms with van der Waals surface area (Å²) in [5.74, 6) is 1.77. The van der Waals surface area contributed by atoms with Crippen molar-refractivity contribution in [2.75, 3.05) is 12.8 Å². The summed E-state index contributed by atoms with van der Waals surface area (Å²) in [4.78, 5) is 0. The molecule has 0 amide bonds. The van der Waals surface area contributed by atoms with Crippen molar-refractivity contribution in [1.29, 1.82) is 0 Å². The van der Waals surface area contributed by atoms with Gasteiger partial charge in [0, 0.05) is 19.3 Å². The van der Waals surface area contributed by atoms with Crippen LogP contribution < -0.4 is 5.32 Å². The molecule has 2 rings (SSSR count). The molecule has 0 radical (unpaired) electrons. The predicted molar refractivity (Wildman–Crippen MR) is 64.2 cm³/mol. The number of nitrogens with zero attached hydrogens (tertiary/aromatic N) is 3. The molecule has 0 aliphatic carbocycles. The molecular formula is C10H18N4O2S. The number of hydrogen-bond donors (Lipinski definition) is 1. The quantitative estimate of drug-likeness (QED) is 0.833. The van der Waals surface area contributed by atoms with E-state index in [-0.39, 0.29) is 11.8 Å². The summed E-state index contributed by atoms with van der Waals surface area (Å²) in [5.41, 5.74) is 0. The van der Waals surface area contributed by atoms with Gasteiger partial charge >= 0.3 is 0 Å². The number of sulfone groups is 1.